The van der Waals surface area contributed by atoms with Crippen LogP contribution in [0.25, 0.3) is 11.0 Å². The van der Waals surface area contributed by atoms with Crippen LogP contribution in [0.15, 0.2) is 52.9 Å². The maximum atomic E-state index is 12.4. The van der Waals surface area contributed by atoms with Gasteiger partial charge in [0, 0.05) is 33.3 Å². The first kappa shape index (κ1) is 19.2. The van der Waals surface area contributed by atoms with E-state index in [4.69, 9.17) is 9.15 Å². The minimum Gasteiger partial charge on any atom is -0.546 e. The van der Waals surface area contributed by atoms with Crippen LogP contribution in [0, 0.1) is 6.92 Å². The summed E-state index contributed by atoms with van der Waals surface area (Å²) in [4.78, 5) is 10.6. The van der Waals surface area contributed by atoms with Crippen molar-refractivity contribution in [1.82, 2.24) is 0 Å². The highest BCUT2D eigenvalue weighted by molar-refractivity contribution is 7.84. The summed E-state index contributed by atoms with van der Waals surface area (Å²) in [6.45, 7) is 1.32. The number of hydrogen-bond acceptors (Lipinski definition) is 5. The molecule has 0 fully saturated rings. The standard InChI is InChI=1S/C21H22O5S/c1-15-17(11-13-27(24)12-10-16-6-3-2-4-7-16)18-8-5-9-19(21(18)26-15)25-14-20(22)23/h2-9H,10-14H2,1H3,(H,22,23)/p-1. The third kappa shape index (κ3) is 4.98. The van der Waals surface area contributed by atoms with E-state index in [1.165, 1.54) is 5.56 Å². The molecule has 2 aromatic carbocycles. The molecule has 3 aromatic rings. The van der Waals surface area contributed by atoms with Crippen LogP contribution in [-0.2, 0) is 28.4 Å². The van der Waals surface area contributed by atoms with E-state index in [9.17, 15) is 14.1 Å². The van der Waals surface area contributed by atoms with Gasteiger partial charge in [0.15, 0.2) is 11.3 Å². The Morgan fingerprint density at radius 2 is 1.81 bits per heavy atom. The van der Waals surface area contributed by atoms with Gasteiger partial charge in [-0.3, -0.25) is 4.21 Å². The normalized spacial score (nSPS) is 12.2. The molecule has 6 heteroatoms. The molecule has 0 amide bonds. The minimum atomic E-state index is -1.29. The summed E-state index contributed by atoms with van der Waals surface area (Å²) in [5.74, 6) is 0.987. The maximum absolute atomic E-state index is 12.4. The Labute approximate surface area is 160 Å². The number of furan rings is 1. The summed E-state index contributed by atoms with van der Waals surface area (Å²) in [5.41, 5.74) is 2.68. The number of hydrogen-bond donors (Lipinski definition) is 0. The van der Waals surface area contributed by atoms with Crippen molar-refractivity contribution in [2.75, 3.05) is 18.1 Å². The van der Waals surface area contributed by atoms with Gasteiger partial charge in [-0.1, -0.05) is 42.5 Å². The Morgan fingerprint density at radius 3 is 2.56 bits per heavy atom. The Bertz CT molecular complexity index is 946. The molecule has 1 aromatic heterocycles. The highest BCUT2D eigenvalue weighted by atomic mass is 32.2. The fraction of sp³-hybridized carbons (Fsp3) is 0.286. The summed E-state index contributed by atoms with van der Waals surface area (Å²) in [6.07, 6.45) is 1.42. The van der Waals surface area contributed by atoms with Gasteiger partial charge in [0.05, 0.1) is 5.97 Å². The van der Waals surface area contributed by atoms with Crippen molar-refractivity contribution in [1.29, 1.82) is 0 Å². The molecule has 5 nitrogen and oxygen atoms in total. The van der Waals surface area contributed by atoms with Crippen LogP contribution in [-0.4, -0.2) is 28.3 Å². The van der Waals surface area contributed by atoms with Gasteiger partial charge in [-0.15, -0.1) is 0 Å². The van der Waals surface area contributed by atoms with Crippen molar-refractivity contribution in [3.8, 4) is 5.75 Å². The molecule has 0 bridgehead atoms. The third-order valence-corrected chi connectivity index (χ3v) is 5.69. The van der Waals surface area contributed by atoms with Gasteiger partial charge in [-0.2, -0.15) is 0 Å². The molecule has 1 atom stereocenters. The molecule has 27 heavy (non-hydrogen) atoms. The SMILES string of the molecule is Cc1oc2c(OCC(=O)[O-])cccc2c1CCS(=O)CCc1ccccc1. The minimum absolute atomic E-state index is 0.372. The lowest BCUT2D eigenvalue weighted by Gasteiger charge is -2.07. The van der Waals surface area contributed by atoms with Gasteiger partial charge in [0.25, 0.3) is 0 Å². The van der Waals surface area contributed by atoms with Crippen molar-refractivity contribution in [3.05, 3.63) is 65.4 Å². The number of aliphatic carboxylic acids is 1. The van der Waals surface area contributed by atoms with E-state index in [0.717, 1.165) is 23.1 Å². The van der Waals surface area contributed by atoms with Gasteiger partial charge >= 0.3 is 0 Å². The van der Waals surface area contributed by atoms with Crippen LogP contribution in [0.5, 0.6) is 5.75 Å². The topological polar surface area (TPSA) is 79.6 Å². The van der Waals surface area contributed by atoms with Crippen molar-refractivity contribution >= 4 is 27.7 Å². The van der Waals surface area contributed by atoms with Gasteiger partial charge in [-0.25, -0.2) is 0 Å². The molecule has 0 aliphatic carbocycles. The number of rotatable bonds is 9. The molecular weight excluding hydrogens is 364 g/mol. The van der Waals surface area contributed by atoms with E-state index in [2.05, 4.69) is 0 Å². The van der Waals surface area contributed by atoms with Crippen LogP contribution in [0.2, 0.25) is 0 Å². The Hall–Kier alpha value is -2.60. The highest BCUT2D eigenvalue weighted by Gasteiger charge is 2.15. The first-order valence-corrected chi connectivity index (χ1v) is 10.3. The quantitative estimate of drug-likeness (QED) is 0.565. The Balaban J connectivity index is 1.66. The fourth-order valence-corrected chi connectivity index (χ4v) is 4.12. The largest absolute Gasteiger partial charge is 0.546 e. The van der Waals surface area contributed by atoms with E-state index in [0.29, 0.717) is 29.3 Å². The second-order valence-corrected chi connectivity index (χ2v) is 7.96. The smallest absolute Gasteiger partial charge is 0.176 e. The maximum Gasteiger partial charge on any atom is 0.176 e. The Morgan fingerprint density at radius 1 is 1.07 bits per heavy atom. The summed E-state index contributed by atoms with van der Waals surface area (Å²) < 4.78 is 23.4. The first-order valence-electron chi connectivity index (χ1n) is 8.77. The van der Waals surface area contributed by atoms with E-state index in [1.54, 1.807) is 12.1 Å². The summed E-state index contributed by atoms with van der Waals surface area (Å²) in [7, 11) is -0.930. The summed E-state index contributed by atoms with van der Waals surface area (Å²) >= 11 is 0. The number of aryl methyl sites for hydroxylation is 3. The summed E-state index contributed by atoms with van der Waals surface area (Å²) in [5, 5.41) is 11.5. The van der Waals surface area contributed by atoms with Gasteiger partial charge < -0.3 is 19.1 Å². The van der Waals surface area contributed by atoms with E-state index in [-0.39, 0.29) is 0 Å². The van der Waals surface area contributed by atoms with Crippen molar-refractivity contribution < 1.29 is 23.3 Å². The first-order chi connectivity index (χ1) is 13.0. The zero-order valence-corrected chi connectivity index (χ0v) is 15.9. The average molecular weight is 385 g/mol. The van der Waals surface area contributed by atoms with Gasteiger partial charge in [-0.05, 0) is 31.4 Å². The molecule has 0 N–H and O–H groups in total. The summed E-state index contributed by atoms with van der Waals surface area (Å²) in [6, 6.07) is 15.4. The number of ether oxygens (including phenoxy) is 1. The number of carbonyl (C=O) groups is 1. The predicted molar refractivity (Wildman–Crippen MR) is 103 cm³/mol. The van der Waals surface area contributed by atoms with Crippen LogP contribution in [0.3, 0.4) is 0 Å². The lowest BCUT2D eigenvalue weighted by Crippen LogP contribution is -2.28. The zero-order chi connectivity index (χ0) is 19.2. The third-order valence-electron chi connectivity index (χ3n) is 4.37. The fourth-order valence-electron chi connectivity index (χ4n) is 3.02. The van der Waals surface area contributed by atoms with Crippen LogP contribution in [0.4, 0.5) is 0 Å². The molecular formula is C21H21O5S-. The lowest BCUT2D eigenvalue weighted by molar-refractivity contribution is -0.307. The molecule has 3 rings (SSSR count). The lowest BCUT2D eigenvalue weighted by atomic mass is 10.1. The molecule has 142 valence electrons. The molecule has 0 radical (unpaired) electrons. The number of carbonyl (C=O) groups excluding carboxylic acids is 1. The van der Waals surface area contributed by atoms with Gasteiger partial charge in [0.2, 0.25) is 0 Å². The predicted octanol–water partition coefficient (Wildman–Crippen LogP) is 2.40. The Kier molecular flexibility index (Phi) is 6.29. The highest BCUT2D eigenvalue weighted by Crippen LogP contribution is 2.33. The number of para-hydroxylation sites is 1. The van der Waals surface area contributed by atoms with Crippen molar-refractivity contribution in [3.63, 3.8) is 0 Å². The molecule has 0 saturated carbocycles. The molecule has 0 saturated heterocycles. The van der Waals surface area contributed by atoms with E-state index >= 15 is 0 Å². The second kappa shape index (κ2) is 8.86. The van der Waals surface area contributed by atoms with Crippen molar-refractivity contribution in [2.24, 2.45) is 0 Å². The number of fused-ring (bicyclic) bond motifs is 1. The molecule has 1 heterocycles. The molecule has 0 aliphatic heterocycles. The van der Waals surface area contributed by atoms with Crippen LogP contribution < -0.4 is 9.84 Å². The number of benzene rings is 2. The van der Waals surface area contributed by atoms with E-state index in [1.807, 2.05) is 43.3 Å². The van der Waals surface area contributed by atoms with Gasteiger partial charge in [0.1, 0.15) is 12.4 Å². The van der Waals surface area contributed by atoms with Crippen molar-refractivity contribution in [2.45, 2.75) is 19.8 Å². The monoisotopic (exact) mass is 385 g/mol. The zero-order valence-electron chi connectivity index (χ0n) is 15.1. The average Bonchev–Trinajstić information content (AvgIpc) is 2.99. The number of carboxylic acid groups (broad SMARTS) is 1. The molecule has 1 unspecified atom stereocenters. The van der Waals surface area contributed by atoms with E-state index < -0.39 is 23.4 Å². The molecule has 0 aliphatic rings. The second-order valence-electron chi connectivity index (χ2n) is 6.26. The van der Waals surface area contributed by atoms with Crippen LogP contribution >= 0.6 is 0 Å². The number of carboxylic acids is 1. The van der Waals surface area contributed by atoms with Crippen LogP contribution in [0.1, 0.15) is 16.9 Å². The molecule has 0 spiro atoms.